The van der Waals surface area contributed by atoms with Gasteiger partial charge in [-0.05, 0) is 30.1 Å². The molecular weight excluding hydrogens is 234 g/mol. The third kappa shape index (κ3) is 5.04. The maximum absolute atomic E-state index is 11.8. The van der Waals surface area contributed by atoms with Crippen molar-refractivity contribution in [3.05, 3.63) is 0 Å². The van der Waals surface area contributed by atoms with E-state index >= 15 is 0 Å². The van der Waals surface area contributed by atoms with Crippen LogP contribution in [0.15, 0.2) is 0 Å². The second-order valence-electron chi connectivity index (χ2n) is 6.16. The number of aliphatic hydroxyl groups excluding tert-OH is 1. The minimum absolute atomic E-state index is 0.0117. The summed E-state index contributed by atoms with van der Waals surface area (Å²) in [6, 6.07) is 0. The molecule has 1 saturated carbocycles. The van der Waals surface area contributed by atoms with Crippen molar-refractivity contribution in [1.29, 1.82) is 0 Å². The predicted molar refractivity (Wildman–Crippen MR) is 67.0 cm³/mol. The lowest BCUT2D eigenvalue weighted by atomic mass is 9.85. The van der Waals surface area contributed by atoms with Gasteiger partial charge in [-0.1, -0.05) is 13.8 Å². The van der Waals surface area contributed by atoms with E-state index in [1.165, 1.54) is 0 Å². The fraction of sp³-hybridized carbons (Fsp3) is 0.846. The lowest BCUT2D eigenvalue weighted by Crippen LogP contribution is -2.34. The molecule has 1 amide bonds. The molecule has 0 aromatic heterocycles. The summed E-state index contributed by atoms with van der Waals surface area (Å²) < 4.78 is 0. The lowest BCUT2D eigenvalue weighted by molar-refractivity contribution is -0.139. The number of carbonyl (C=O) groups is 2. The van der Waals surface area contributed by atoms with Crippen LogP contribution in [0.25, 0.3) is 0 Å². The van der Waals surface area contributed by atoms with Crippen LogP contribution in [0, 0.1) is 10.8 Å². The van der Waals surface area contributed by atoms with Gasteiger partial charge in [0.2, 0.25) is 5.91 Å². The van der Waals surface area contributed by atoms with Crippen LogP contribution in [0.4, 0.5) is 0 Å². The Morgan fingerprint density at radius 2 is 1.89 bits per heavy atom. The summed E-state index contributed by atoms with van der Waals surface area (Å²) in [7, 11) is 0. The monoisotopic (exact) mass is 257 g/mol. The minimum atomic E-state index is -0.883. The second-order valence-corrected chi connectivity index (χ2v) is 6.16. The third-order valence-electron chi connectivity index (χ3n) is 3.53. The van der Waals surface area contributed by atoms with E-state index in [2.05, 4.69) is 5.32 Å². The van der Waals surface area contributed by atoms with Gasteiger partial charge in [-0.3, -0.25) is 9.59 Å². The summed E-state index contributed by atoms with van der Waals surface area (Å²) >= 11 is 0. The van der Waals surface area contributed by atoms with Crippen LogP contribution in [0.3, 0.4) is 0 Å². The number of carboxylic acid groups (broad SMARTS) is 1. The number of rotatable bonds is 8. The zero-order valence-corrected chi connectivity index (χ0v) is 11.2. The van der Waals surface area contributed by atoms with Crippen molar-refractivity contribution in [3.63, 3.8) is 0 Å². The summed E-state index contributed by atoms with van der Waals surface area (Å²) in [5.41, 5.74) is -0.426. The Morgan fingerprint density at radius 1 is 1.28 bits per heavy atom. The zero-order chi connectivity index (χ0) is 13.8. The van der Waals surface area contributed by atoms with Gasteiger partial charge in [-0.15, -0.1) is 0 Å². The molecule has 0 bridgehead atoms. The summed E-state index contributed by atoms with van der Waals surface area (Å²) in [5, 5.41) is 20.5. The van der Waals surface area contributed by atoms with E-state index in [-0.39, 0.29) is 30.8 Å². The highest BCUT2D eigenvalue weighted by molar-refractivity contribution is 5.78. The molecule has 104 valence electrons. The fourth-order valence-corrected chi connectivity index (χ4v) is 2.18. The SMILES string of the molecule is CC(C)(CC(=O)O)CC(=O)NCC1(CCO)CC1. The van der Waals surface area contributed by atoms with Gasteiger partial charge in [-0.25, -0.2) is 0 Å². The molecule has 1 aliphatic rings. The van der Waals surface area contributed by atoms with Crippen molar-refractivity contribution in [2.45, 2.75) is 46.0 Å². The quantitative estimate of drug-likeness (QED) is 0.609. The van der Waals surface area contributed by atoms with Crippen LogP contribution in [-0.2, 0) is 9.59 Å². The minimum Gasteiger partial charge on any atom is -0.481 e. The van der Waals surface area contributed by atoms with Crippen molar-refractivity contribution in [1.82, 2.24) is 5.32 Å². The van der Waals surface area contributed by atoms with E-state index in [4.69, 9.17) is 10.2 Å². The van der Waals surface area contributed by atoms with Gasteiger partial charge in [-0.2, -0.15) is 0 Å². The first-order valence-electron chi connectivity index (χ1n) is 6.38. The number of nitrogens with one attached hydrogen (secondary N) is 1. The van der Waals surface area contributed by atoms with Crippen molar-refractivity contribution in [2.75, 3.05) is 13.2 Å². The molecule has 5 heteroatoms. The normalized spacial score (nSPS) is 17.3. The Kier molecular flexibility index (Phi) is 4.73. The number of aliphatic carboxylic acids is 1. The average molecular weight is 257 g/mol. The van der Waals surface area contributed by atoms with E-state index in [0.717, 1.165) is 19.3 Å². The molecule has 0 aromatic rings. The Morgan fingerprint density at radius 3 is 2.33 bits per heavy atom. The van der Waals surface area contributed by atoms with Gasteiger partial charge in [0.1, 0.15) is 0 Å². The maximum Gasteiger partial charge on any atom is 0.303 e. The maximum atomic E-state index is 11.8. The van der Waals surface area contributed by atoms with E-state index in [0.29, 0.717) is 6.54 Å². The van der Waals surface area contributed by atoms with Crippen molar-refractivity contribution >= 4 is 11.9 Å². The van der Waals surface area contributed by atoms with Crippen LogP contribution in [0.1, 0.15) is 46.0 Å². The summed E-state index contributed by atoms with van der Waals surface area (Å²) in [6.07, 6.45) is 3.03. The predicted octanol–water partition coefficient (Wildman–Crippen LogP) is 1.16. The Bertz CT molecular complexity index is 321. The average Bonchev–Trinajstić information content (AvgIpc) is 2.93. The Labute approximate surface area is 108 Å². The number of aliphatic hydroxyl groups is 1. The topological polar surface area (TPSA) is 86.6 Å². The summed E-state index contributed by atoms with van der Waals surface area (Å²) in [5.74, 6) is -0.989. The molecule has 18 heavy (non-hydrogen) atoms. The highest BCUT2D eigenvalue weighted by atomic mass is 16.4. The van der Waals surface area contributed by atoms with Gasteiger partial charge in [0, 0.05) is 19.6 Å². The molecule has 3 N–H and O–H groups in total. The number of carbonyl (C=O) groups excluding carboxylic acids is 1. The molecule has 0 aliphatic heterocycles. The smallest absolute Gasteiger partial charge is 0.303 e. The Balaban J connectivity index is 2.31. The highest BCUT2D eigenvalue weighted by Gasteiger charge is 2.42. The molecule has 0 spiro atoms. The van der Waals surface area contributed by atoms with Crippen LogP contribution >= 0.6 is 0 Å². The summed E-state index contributed by atoms with van der Waals surface area (Å²) in [6.45, 7) is 4.30. The summed E-state index contributed by atoms with van der Waals surface area (Å²) in [4.78, 5) is 22.4. The number of hydrogen-bond donors (Lipinski definition) is 3. The van der Waals surface area contributed by atoms with Crippen molar-refractivity contribution in [2.24, 2.45) is 10.8 Å². The van der Waals surface area contributed by atoms with E-state index in [1.807, 2.05) is 0 Å². The fourth-order valence-electron chi connectivity index (χ4n) is 2.18. The first-order chi connectivity index (χ1) is 8.29. The molecule has 0 unspecified atom stereocenters. The van der Waals surface area contributed by atoms with Crippen LogP contribution < -0.4 is 5.32 Å². The van der Waals surface area contributed by atoms with Gasteiger partial charge in [0.05, 0.1) is 6.42 Å². The molecule has 0 atom stereocenters. The highest BCUT2D eigenvalue weighted by Crippen LogP contribution is 2.47. The standard InChI is InChI=1S/C13H23NO4/c1-12(2,8-11(17)18)7-10(16)14-9-13(3-4-13)5-6-15/h15H,3-9H2,1-2H3,(H,14,16)(H,17,18). The first-order valence-corrected chi connectivity index (χ1v) is 6.38. The molecular formula is C13H23NO4. The van der Waals surface area contributed by atoms with Crippen molar-refractivity contribution < 1.29 is 19.8 Å². The molecule has 0 aromatic carbocycles. The van der Waals surface area contributed by atoms with Crippen LogP contribution in [0.2, 0.25) is 0 Å². The zero-order valence-electron chi connectivity index (χ0n) is 11.2. The van der Waals surface area contributed by atoms with Gasteiger partial charge < -0.3 is 15.5 Å². The molecule has 1 rings (SSSR count). The van der Waals surface area contributed by atoms with Crippen molar-refractivity contribution in [3.8, 4) is 0 Å². The first kappa shape index (κ1) is 15.0. The van der Waals surface area contributed by atoms with E-state index in [9.17, 15) is 9.59 Å². The van der Waals surface area contributed by atoms with E-state index in [1.54, 1.807) is 13.8 Å². The van der Waals surface area contributed by atoms with Crippen LogP contribution in [0.5, 0.6) is 0 Å². The van der Waals surface area contributed by atoms with Crippen LogP contribution in [-0.4, -0.2) is 35.2 Å². The van der Waals surface area contributed by atoms with E-state index < -0.39 is 11.4 Å². The molecule has 0 saturated heterocycles. The van der Waals surface area contributed by atoms with Gasteiger partial charge in [0.25, 0.3) is 0 Å². The van der Waals surface area contributed by atoms with Gasteiger partial charge >= 0.3 is 5.97 Å². The molecule has 0 radical (unpaired) electrons. The third-order valence-corrected chi connectivity index (χ3v) is 3.53. The molecule has 5 nitrogen and oxygen atoms in total. The van der Waals surface area contributed by atoms with Gasteiger partial charge in [0.15, 0.2) is 0 Å². The molecule has 1 aliphatic carbocycles. The number of carboxylic acids is 1. The number of hydrogen-bond acceptors (Lipinski definition) is 3. The Hall–Kier alpha value is -1.10. The largest absolute Gasteiger partial charge is 0.481 e. The second kappa shape index (κ2) is 5.69. The lowest BCUT2D eigenvalue weighted by Gasteiger charge is -2.22. The number of amides is 1. The molecule has 1 fully saturated rings. The molecule has 0 heterocycles.